The summed E-state index contributed by atoms with van der Waals surface area (Å²) in [5, 5.41) is 5.40. The number of nitrogens with two attached hydrogens (primary N) is 2. The quantitative estimate of drug-likeness (QED) is 0.0267. The third-order valence-corrected chi connectivity index (χ3v) is 18.6. The van der Waals surface area contributed by atoms with Gasteiger partial charge in [-0.1, -0.05) is 88.4 Å². The minimum atomic E-state index is -5.71. The van der Waals surface area contributed by atoms with Crippen LogP contribution in [0.1, 0.15) is 51.7 Å². The molecule has 6 rings (SSSR count). The lowest BCUT2D eigenvalue weighted by Crippen LogP contribution is -2.53. The number of alkyl carbamates (subject to hydrolysis) is 2. The molecule has 2 aliphatic rings. The first-order valence-corrected chi connectivity index (χ1v) is 31.0. The summed E-state index contributed by atoms with van der Waals surface area (Å²) < 4.78 is 99.4. The normalized spacial score (nSPS) is 18.1. The number of anilines is 2. The molecule has 4 aromatic rings. The first-order chi connectivity index (χ1) is 36.4. The lowest BCUT2D eigenvalue weighted by Gasteiger charge is -2.33. The summed E-state index contributed by atoms with van der Waals surface area (Å²) in [7, 11) is -20.3. The lowest BCUT2D eigenvalue weighted by molar-refractivity contribution is 0.0287. The Bertz CT molecular complexity index is 2520. The molecule has 77 heavy (non-hydrogen) atoms. The van der Waals surface area contributed by atoms with Gasteiger partial charge in [0.25, 0.3) is 0 Å². The van der Waals surface area contributed by atoms with E-state index in [0.717, 1.165) is 8.61 Å². The van der Waals surface area contributed by atoms with Crippen molar-refractivity contribution in [1.29, 1.82) is 0 Å². The van der Waals surface area contributed by atoms with Crippen LogP contribution in [0.3, 0.4) is 0 Å². The van der Waals surface area contributed by atoms with E-state index in [1.165, 1.54) is 48.5 Å². The first kappa shape index (κ1) is 61.6. The Hall–Kier alpha value is -4.66. The second-order valence-corrected chi connectivity index (χ2v) is 26.5. The molecular weight excluding hydrogens is 1080 g/mol. The van der Waals surface area contributed by atoms with Crippen molar-refractivity contribution in [3.05, 3.63) is 120 Å². The molecule has 27 heteroatoms. The Morgan fingerprint density at radius 1 is 0.584 bits per heavy atom. The smallest absolute Gasteiger partial charge is 0.444 e. The van der Waals surface area contributed by atoms with Crippen LogP contribution >= 0.6 is 16.3 Å². The van der Waals surface area contributed by atoms with Gasteiger partial charge in [-0.05, 0) is 84.3 Å². The van der Waals surface area contributed by atoms with Gasteiger partial charge < -0.3 is 41.0 Å². The number of carbonyl (C=O) groups is 2. The molecule has 10 N–H and O–H groups in total. The number of nitrogen functional groups attached to an aromatic ring is 2. The fourth-order valence-corrected chi connectivity index (χ4v) is 14.3. The van der Waals surface area contributed by atoms with Crippen LogP contribution in [0, 0.1) is 11.8 Å². The van der Waals surface area contributed by atoms with E-state index in [9.17, 15) is 46.0 Å². The van der Waals surface area contributed by atoms with Crippen LogP contribution in [0.2, 0.25) is 0 Å². The second-order valence-electron chi connectivity index (χ2n) is 19.6. The number of sulfonamides is 2. The molecule has 0 unspecified atom stereocenters. The standard InChI is InChI=1S/C50H70N6O17P2S2/c1-35(2)29-55(76(63,64)43-19-15-39(51)16-20-43)31-47(45(27-37-11-7-5-8-12-37)53-49(57)69-41-23-25-67-33-41)71-74(59,60)73-75(61,62)72-48(32-56(30-36(3)4)77(65,66)44-21-17-40(52)18-22-44)46(28-38-13-9-6-10-14-38)54-50(58)70-42-24-26-68-34-42/h5-22,35-36,41-42,45-48,59-62H,23-34,51-52H2,1-4H3/p+2/t41-,42-,45-,46-,47+,48+/m0/s1. The average Bonchev–Trinajstić information content (AvgIpc) is 4.08. The van der Waals surface area contributed by atoms with Gasteiger partial charge in [-0.3, -0.25) is 0 Å². The summed E-state index contributed by atoms with van der Waals surface area (Å²) in [6.45, 7) is 6.10. The summed E-state index contributed by atoms with van der Waals surface area (Å²) in [5.41, 5.74) is 13.5. The van der Waals surface area contributed by atoms with Gasteiger partial charge in [0.2, 0.25) is 20.0 Å². The Labute approximate surface area is 451 Å². The molecule has 2 amide bonds. The van der Waals surface area contributed by atoms with E-state index < -0.39 is 98.2 Å². The molecule has 6 atom stereocenters. The second kappa shape index (κ2) is 28.0. The number of rotatable bonds is 28. The van der Waals surface area contributed by atoms with Gasteiger partial charge in [0.05, 0.1) is 52.6 Å². The Morgan fingerprint density at radius 3 is 1.25 bits per heavy atom. The van der Waals surface area contributed by atoms with Gasteiger partial charge in [0.15, 0.2) is 0 Å². The van der Waals surface area contributed by atoms with Gasteiger partial charge in [-0.15, -0.1) is 9.05 Å². The number of nitrogens with zero attached hydrogens (tertiary/aromatic N) is 2. The summed E-state index contributed by atoms with van der Waals surface area (Å²) >= 11 is 0. The van der Waals surface area contributed by atoms with Crippen LogP contribution in [-0.4, -0.2) is 146 Å². The maximum atomic E-state index is 14.5. The summed E-state index contributed by atoms with van der Waals surface area (Å²) in [5.74, 6) is -0.685. The van der Waals surface area contributed by atoms with Crippen molar-refractivity contribution in [1.82, 2.24) is 19.2 Å². The van der Waals surface area contributed by atoms with E-state index in [1.54, 1.807) is 88.4 Å². The molecule has 2 heterocycles. The molecule has 0 saturated carbocycles. The van der Waals surface area contributed by atoms with Crippen molar-refractivity contribution < 1.29 is 78.3 Å². The van der Waals surface area contributed by atoms with E-state index >= 15 is 0 Å². The average molecular weight is 1160 g/mol. The summed E-state index contributed by atoms with van der Waals surface area (Å²) in [6.07, 6.45) is -6.35. The van der Waals surface area contributed by atoms with E-state index in [1.807, 2.05) is 0 Å². The Kier molecular flexibility index (Phi) is 22.4. The van der Waals surface area contributed by atoms with E-state index in [2.05, 4.69) is 10.6 Å². The highest BCUT2D eigenvalue weighted by molar-refractivity contribution is 7.89. The van der Waals surface area contributed by atoms with Crippen molar-refractivity contribution in [3.63, 3.8) is 0 Å². The molecule has 23 nitrogen and oxygen atoms in total. The molecule has 2 aliphatic heterocycles. The van der Waals surface area contributed by atoms with Gasteiger partial charge in [-0.25, -0.2) is 26.4 Å². The number of hydrogen-bond donors (Lipinski definition) is 8. The molecule has 0 radical (unpaired) electrons. The molecular formula is C50H72N6O17P2S2+2. The zero-order valence-electron chi connectivity index (χ0n) is 43.4. The van der Waals surface area contributed by atoms with Crippen LogP contribution in [0.4, 0.5) is 21.0 Å². The molecule has 2 saturated heterocycles. The van der Waals surface area contributed by atoms with Crippen LogP contribution in [0.15, 0.2) is 119 Å². The monoisotopic (exact) mass is 1150 g/mol. The highest BCUT2D eigenvalue weighted by atomic mass is 32.2. The zero-order chi connectivity index (χ0) is 56.0. The molecule has 0 bridgehead atoms. The molecule has 2 fully saturated rings. The third-order valence-electron chi connectivity index (χ3n) is 12.1. The summed E-state index contributed by atoms with van der Waals surface area (Å²) in [4.78, 5) is 74.8. The lowest BCUT2D eigenvalue weighted by atomic mass is 10.0. The maximum Gasteiger partial charge on any atom is 0.620 e. The van der Waals surface area contributed by atoms with Crippen molar-refractivity contribution in [2.75, 3.05) is 64.1 Å². The number of benzene rings is 4. The Morgan fingerprint density at radius 2 is 0.935 bits per heavy atom. The highest BCUT2D eigenvalue weighted by Crippen LogP contribution is 2.71. The number of amides is 2. The highest BCUT2D eigenvalue weighted by Gasteiger charge is 2.64. The van der Waals surface area contributed by atoms with Crippen LogP contribution < -0.4 is 22.1 Å². The van der Waals surface area contributed by atoms with Gasteiger partial charge in [0, 0.05) is 50.4 Å². The van der Waals surface area contributed by atoms with Gasteiger partial charge in [0.1, 0.15) is 24.4 Å². The number of nitrogens with one attached hydrogen (secondary N) is 2. The minimum Gasteiger partial charge on any atom is -0.444 e. The molecule has 0 aliphatic carbocycles. The van der Waals surface area contributed by atoms with Crippen LogP contribution in [0.5, 0.6) is 0 Å². The number of carbonyl (C=O) groups excluding carboxylic acids is 2. The molecule has 4 aromatic carbocycles. The largest absolute Gasteiger partial charge is 0.620 e. The Balaban J connectivity index is 1.40. The number of ether oxygens (including phenoxy) is 4. The third kappa shape index (κ3) is 19.3. The molecule has 424 valence electrons. The minimum absolute atomic E-state index is 0.106. The topological polar surface area (TPSA) is 331 Å². The van der Waals surface area contributed by atoms with E-state index in [0.29, 0.717) is 37.2 Å². The molecule has 0 aromatic heterocycles. The van der Waals surface area contributed by atoms with Crippen molar-refractivity contribution >= 4 is 59.9 Å². The predicted octanol–water partition coefficient (Wildman–Crippen LogP) is 5.21. The predicted molar refractivity (Wildman–Crippen MR) is 288 cm³/mol. The fourth-order valence-electron chi connectivity index (χ4n) is 8.51. The maximum absolute atomic E-state index is 14.5. The van der Waals surface area contributed by atoms with E-state index in [-0.39, 0.29) is 72.1 Å². The van der Waals surface area contributed by atoms with Gasteiger partial charge >= 0.3 is 28.5 Å². The SMILES string of the molecule is CC(C)CN(C[C@@H](O[P+](O)(O)O[P+](O)(O)O[C@H](CN(CC(C)C)S(=O)(=O)c1ccc(N)cc1)[C@H](Cc1ccccc1)NC(=O)O[C@H]1CCOC1)[C@H](Cc1ccccc1)NC(=O)O[C@H]1CCOC1)S(=O)(=O)c1ccc(N)cc1. The zero-order valence-corrected chi connectivity index (χ0v) is 46.8. The van der Waals surface area contributed by atoms with E-state index in [4.69, 9.17) is 43.8 Å². The van der Waals surface area contributed by atoms with Crippen molar-refractivity contribution in [3.8, 4) is 0 Å². The number of hydrogen-bond acceptors (Lipinski definition) is 19. The summed E-state index contributed by atoms with van der Waals surface area (Å²) in [6, 6.07) is 25.1. The van der Waals surface area contributed by atoms with Crippen molar-refractivity contribution in [2.24, 2.45) is 11.8 Å². The van der Waals surface area contributed by atoms with Crippen LogP contribution in [-0.2, 0) is 65.2 Å². The first-order valence-electron chi connectivity index (χ1n) is 25.0. The molecule has 0 spiro atoms. The van der Waals surface area contributed by atoms with Gasteiger partial charge in [-0.2, -0.15) is 28.2 Å². The fraction of sp³-hybridized carbons (Fsp3) is 0.480. The van der Waals surface area contributed by atoms with Crippen molar-refractivity contribution in [2.45, 2.75) is 99.7 Å². The van der Waals surface area contributed by atoms with Crippen LogP contribution in [0.25, 0.3) is 0 Å².